The lowest BCUT2D eigenvalue weighted by Gasteiger charge is -2.23. The lowest BCUT2D eigenvalue weighted by molar-refractivity contribution is -0.0436. The first-order chi connectivity index (χ1) is 16.1. The predicted octanol–water partition coefficient (Wildman–Crippen LogP) is 4.35. The minimum absolute atomic E-state index is 0.0332. The van der Waals surface area contributed by atoms with Gasteiger partial charge in [-0.25, -0.2) is 13.4 Å². The summed E-state index contributed by atoms with van der Waals surface area (Å²) in [6, 6.07) is 15.9. The highest BCUT2D eigenvalue weighted by Crippen LogP contribution is 2.32. The van der Waals surface area contributed by atoms with Crippen molar-refractivity contribution in [1.82, 2.24) is 9.97 Å². The zero-order chi connectivity index (χ0) is 24.5. The molecule has 0 aliphatic carbocycles. The van der Waals surface area contributed by atoms with Gasteiger partial charge in [0.2, 0.25) is 0 Å². The first-order valence-electron chi connectivity index (χ1n) is 9.85. The smallest absolute Gasteiger partial charge is 0.384 e. The molecule has 0 unspecified atom stereocenters. The van der Waals surface area contributed by atoms with Crippen molar-refractivity contribution in [3.8, 4) is 0 Å². The zero-order valence-electron chi connectivity index (χ0n) is 17.4. The van der Waals surface area contributed by atoms with E-state index in [4.69, 9.17) is 5.73 Å². The summed E-state index contributed by atoms with van der Waals surface area (Å²) in [5, 5.41) is 0.838. The van der Waals surface area contributed by atoms with Crippen molar-refractivity contribution in [1.29, 1.82) is 0 Å². The summed E-state index contributed by atoms with van der Waals surface area (Å²) in [5.41, 5.74) is 2.06. The SMILES string of the molecule is Nc1ccc2ccc(CN(C(=O)c3cccnc3)c3ccc(S(=O)(=O)C(F)(F)F)cc3)cc2n1. The number of halogens is 3. The van der Waals surface area contributed by atoms with Crippen LogP contribution in [0.25, 0.3) is 10.9 Å². The van der Waals surface area contributed by atoms with E-state index in [9.17, 15) is 26.4 Å². The van der Waals surface area contributed by atoms with Gasteiger partial charge in [0.25, 0.3) is 15.7 Å². The van der Waals surface area contributed by atoms with E-state index < -0.39 is 26.1 Å². The quantitative estimate of drug-likeness (QED) is 0.450. The fourth-order valence-electron chi connectivity index (χ4n) is 3.32. The minimum atomic E-state index is -5.51. The van der Waals surface area contributed by atoms with Gasteiger partial charge in [0.15, 0.2) is 0 Å². The number of carbonyl (C=O) groups excluding carboxylic acids is 1. The number of benzene rings is 2. The van der Waals surface area contributed by atoms with Crippen molar-refractivity contribution in [2.75, 3.05) is 10.6 Å². The number of rotatable bonds is 5. The Hall–Kier alpha value is -3.99. The van der Waals surface area contributed by atoms with Crippen molar-refractivity contribution in [2.45, 2.75) is 16.9 Å². The van der Waals surface area contributed by atoms with Crippen molar-refractivity contribution >= 4 is 38.2 Å². The maximum atomic E-state index is 13.3. The molecule has 4 aromatic rings. The van der Waals surface area contributed by atoms with Crippen LogP contribution < -0.4 is 10.6 Å². The molecule has 2 aromatic heterocycles. The van der Waals surface area contributed by atoms with Crippen LogP contribution in [0.1, 0.15) is 15.9 Å². The Labute approximate surface area is 192 Å². The molecular formula is C23H17F3N4O3S. The number of anilines is 2. The Morgan fingerprint density at radius 1 is 1.00 bits per heavy atom. The minimum Gasteiger partial charge on any atom is -0.384 e. The lowest BCUT2D eigenvalue weighted by Crippen LogP contribution is -2.30. The monoisotopic (exact) mass is 486 g/mol. The van der Waals surface area contributed by atoms with Gasteiger partial charge < -0.3 is 10.6 Å². The molecular weight excluding hydrogens is 469 g/mol. The van der Waals surface area contributed by atoms with Crippen molar-refractivity contribution < 1.29 is 26.4 Å². The number of nitrogens with zero attached hydrogens (tertiary/aromatic N) is 3. The molecule has 0 saturated heterocycles. The van der Waals surface area contributed by atoms with Crippen LogP contribution in [0.5, 0.6) is 0 Å². The fourth-order valence-corrected chi connectivity index (χ4v) is 4.09. The van der Waals surface area contributed by atoms with Gasteiger partial charge in [0.05, 0.1) is 22.5 Å². The highest BCUT2D eigenvalue weighted by Gasteiger charge is 2.46. The number of alkyl halides is 3. The van der Waals surface area contributed by atoms with Gasteiger partial charge in [0.1, 0.15) is 5.82 Å². The summed E-state index contributed by atoms with van der Waals surface area (Å²) in [4.78, 5) is 21.9. The van der Waals surface area contributed by atoms with Crippen molar-refractivity contribution in [3.05, 3.63) is 90.3 Å². The van der Waals surface area contributed by atoms with E-state index in [0.29, 0.717) is 16.9 Å². The molecule has 0 fully saturated rings. The van der Waals surface area contributed by atoms with E-state index >= 15 is 0 Å². The Kier molecular flexibility index (Phi) is 5.96. The van der Waals surface area contributed by atoms with E-state index in [1.165, 1.54) is 17.3 Å². The van der Waals surface area contributed by atoms with Gasteiger partial charge in [-0.2, -0.15) is 13.2 Å². The number of sulfone groups is 1. The molecule has 4 rings (SSSR count). The molecule has 2 heterocycles. The maximum Gasteiger partial charge on any atom is 0.501 e. The summed E-state index contributed by atoms with van der Waals surface area (Å²) in [6.45, 7) is 0.0332. The Morgan fingerprint density at radius 2 is 1.71 bits per heavy atom. The second kappa shape index (κ2) is 8.75. The fraction of sp³-hybridized carbons (Fsp3) is 0.0870. The highest BCUT2D eigenvalue weighted by molar-refractivity contribution is 7.92. The number of carbonyl (C=O) groups is 1. The van der Waals surface area contributed by atoms with Gasteiger partial charge in [-0.3, -0.25) is 9.78 Å². The second-order valence-corrected chi connectivity index (χ2v) is 9.28. The van der Waals surface area contributed by atoms with Gasteiger partial charge >= 0.3 is 5.51 Å². The number of fused-ring (bicyclic) bond motifs is 1. The summed E-state index contributed by atoms with van der Waals surface area (Å²) < 4.78 is 62.1. The molecule has 34 heavy (non-hydrogen) atoms. The van der Waals surface area contributed by atoms with Crippen LogP contribution in [-0.4, -0.2) is 29.8 Å². The van der Waals surface area contributed by atoms with Crippen LogP contribution in [-0.2, 0) is 16.4 Å². The summed E-state index contributed by atoms with van der Waals surface area (Å²) in [5.74, 6) is -0.144. The van der Waals surface area contributed by atoms with Gasteiger partial charge in [-0.05, 0) is 60.2 Å². The lowest BCUT2D eigenvalue weighted by atomic mass is 10.1. The number of nitrogen functional groups attached to an aromatic ring is 1. The van der Waals surface area contributed by atoms with E-state index in [1.807, 2.05) is 6.07 Å². The van der Waals surface area contributed by atoms with E-state index in [2.05, 4.69) is 9.97 Å². The molecule has 174 valence electrons. The van der Waals surface area contributed by atoms with Crippen LogP contribution in [0.15, 0.2) is 84.0 Å². The molecule has 0 aliphatic rings. The third-order valence-corrected chi connectivity index (χ3v) is 6.54. The Bertz CT molecular complexity index is 1460. The number of hydrogen-bond donors (Lipinski definition) is 1. The molecule has 1 amide bonds. The molecule has 0 saturated carbocycles. The third kappa shape index (κ3) is 4.55. The average molecular weight is 486 g/mol. The predicted molar refractivity (Wildman–Crippen MR) is 121 cm³/mol. The van der Waals surface area contributed by atoms with E-state index in [-0.39, 0.29) is 17.8 Å². The highest BCUT2D eigenvalue weighted by atomic mass is 32.2. The average Bonchev–Trinajstić information content (AvgIpc) is 2.82. The first kappa shape index (κ1) is 23.2. The number of aromatic nitrogens is 2. The molecule has 2 aromatic carbocycles. The summed E-state index contributed by atoms with van der Waals surface area (Å²) >= 11 is 0. The van der Waals surface area contributed by atoms with E-state index in [1.54, 1.807) is 36.4 Å². The summed E-state index contributed by atoms with van der Waals surface area (Å²) in [6.07, 6.45) is 2.86. The van der Waals surface area contributed by atoms with Crippen molar-refractivity contribution in [3.63, 3.8) is 0 Å². The van der Waals surface area contributed by atoms with Crippen LogP contribution in [0, 0.1) is 0 Å². The Balaban J connectivity index is 1.74. The number of nitrogens with two attached hydrogens (primary N) is 1. The van der Waals surface area contributed by atoms with Crippen LogP contribution >= 0.6 is 0 Å². The summed E-state index contributed by atoms with van der Waals surface area (Å²) in [7, 11) is -5.51. The topological polar surface area (TPSA) is 106 Å². The molecule has 0 spiro atoms. The molecule has 0 aliphatic heterocycles. The zero-order valence-corrected chi connectivity index (χ0v) is 18.2. The normalized spacial score (nSPS) is 12.0. The third-order valence-electron chi connectivity index (χ3n) is 5.04. The van der Waals surface area contributed by atoms with E-state index in [0.717, 1.165) is 29.7 Å². The molecule has 0 bridgehead atoms. The van der Waals surface area contributed by atoms with Crippen LogP contribution in [0.3, 0.4) is 0 Å². The molecule has 2 N–H and O–H groups in total. The molecule has 7 nitrogen and oxygen atoms in total. The standard InChI is InChI=1S/C23H17F3N4O3S/c24-23(25,26)34(32,33)19-8-6-18(7-9-19)30(22(31)17-2-1-11-28-13-17)14-15-3-4-16-5-10-21(27)29-20(16)12-15/h1-13H,14H2,(H2,27,29). The molecule has 0 radical (unpaired) electrons. The number of hydrogen-bond acceptors (Lipinski definition) is 6. The van der Waals surface area contributed by atoms with Gasteiger partial charge in [-0.15, -0.1) is 0 Å². The maximum absolute atomic E-state index is 13.3. The Morgan fingerprint density at radius 3 is 2.35 bits per heavy atom. The number of amides is 1. The van der Waals surface area contributed by atoms with Crippen LogP contribution in [0.4, 0.5) is 24.7 Å². The second-order valence-electron chi connectivity index (χ2n) is 7.34. The largest absolute Gasteiger partial charge is 0.501 e. The van der Waals surface area contributed by atoms with Gasteiger partial charge in [0, 0.05) is 23.5 Å². The number of pyridine rings is 2. The van der Waals surface area contributed by atoms with Crippen LogP contribution in [0.2, 0.25) is 0 Å². The molecule has 0 atom stereocenters. The molecule has 11 heteroatoms. The van der Waals surface area contributed by atoms with Crippen molar-refractivity contribution in [2.24, 2.45) is 0 Å². The first-order valence-corrected chi connectivity index (χ1v) is 11.3. The van der Waals surface area contributed by atoms with Gasteiger partial charge in [-0.1, -0.05) is 12.1 Å².